The van der Waals surface area contributed by atoms with Crippen molar-refractivity contribution in [1.29, 1.82) is 0 Å². The number of ketones is 1. The number of hydrogen-bond donors (Lipinski definition) is 1. The number of benzene rings is 3. The number of ether oxygens (including phenoxy) is 3. The molecule has 0 spiro atoms. The van der Waals surface area contributed by atoms with Gasteiger partial charge in [0.05, 0.1) is 23.9 Å². The Hall–Kier alpha value is -5.22. The third-order valence-corrected chi connectivity index (χ3v) is 9.09. The highest BCUT2D eigenvalue weighted by Crippen LogP contribution is 2.44. The van der Waals surface area contributed by atoms with Gasteiger partial charge in [-0.3, -0.25) is 14.5 Å². The van der Waals surface area contributed by atoms with Gasteiger partial charge in [-0.25, -0.2) is 9.78 Å². The molecule has 48 heavy (non-hydrogen) atoms. The van der Waals surface area contributed by atoms with Gasteiger partial charge in [-0.2, -0.15) is 0 Å². The average molecular weight is 667 g/mol. The minimum Gasteiger partial charge on any atom is -0.507 e. The molecule has 1 aliphatic rings. The van der Waals surface area contributed by atoms with Crippen LogP contribution in [0.5, 0.6) is 11.5 Å². The van der Waals surface area contributed by atoms with E-state index >= 15 is 0 Å². The van der Waals surface area contributed by atoms with Gasteiger partial charge in [-0.15, -0.1) is 0 Å². The molecule has 5 rings (SSSR count). The number of carbonyl (C=O) groups excluding carboxylic acids is 3. The smallest absolute Gasteiger partial charge is 0.350 e. The number of thiazole rings is 1. The normalized spacial score (nSPS) is 15.4. The van der Waals surface area contributed by atoms with Crippen molar-refractivity contribution in [2.24, 2.45) is 0 Å². The number of rotatable bonds is 14. The molecular weight excluding hydrogens is 628 g/mol. The number of aromatic nitrogens is 1. The van der Waals surface area contributed by atoms with Gasteiger partial charge >= 0.3 is 11.9 Å². The molecule has 0 radical (unpaired) electrons. The number of unbranched alkanes of at least 4 members (excludes halogenated alkanes) is 2. The fourth-order valence-electron chi connectivity index (χ4n) is 5.31. The summed E-state index contributed by atoms with van der Waals surface area (Å²) in [6, 6.07) is 20.7. The van der Waals surface area contributed by atoms with Crippen molar-refractivity contribution in [3.63, 3.8) is 0 Å². The van der Waals surface area contributed by atoms with Gasteiger partial charge in [0.2, 0.25) is 0 Å². The van der Waals surface area contributed by atoms with Crippen LogP contribution in [0.3, 0.4) is 0 Å². The highest BCUT2D eigenvalue weighted by atomic mass is 32.1. The number of anilines is 1. The van der Waals surface area contributed by atoms with E-state index in [4.69, 9.17) is 14.2 Å². The van der Waals surface area contributed by atoms with Crippen molar-refractivity contribution in [1.82, 2.24) is 4.98 Å². The van der Waals surface area contributed by atoms with Gasteiger partial charge in [0.15, 0.2) is 5.13 Å². The lowest BCUT2D eigenvalue weighted by Crippen LogP contribution is -2.29. The lowest BCUT2D eigenvalue weighted by molar-refractivity contribution is -0.132. The van der Waals surface area contributed by atoms with Gasteiger partial charge in [0.1, 0.15) is 35.3 Å². The van der Waals surface area contributed by atoms with E-state index < -0.39 is 23.7 Å². The van der Waals surface area contributed by atoms with E-state index in [0.717, 1.165) is 41.7 Å². The highest BCUT2D eigenvalue weighted by Gasteiger charge is 2.48. The Morgan fingerprint density at radius 3 is 2.35 bits per heavy atom. The van der Waals surface area contributed by atoms with E-state index in [-0.39, 0.29) is 27.9 Å². The van der Waals surface area contributed by atoms with Crippen LogP contribution in [0.15, 0.2) is 91.0 Å². The summed E-state index contributed by atoms with van der Waals surface area (Å²) >= 11 is 0.942. The Morgan fingerprint density at radius 1 is 0.979 bits per heavy atom. The summed E-state index contributed by atoms with van der Waals surface area (Å²) in [7, 11) is 0. The van der Waals surface area contributed by atoms with Gasteiger partial charge in [-0.1, -0.05) is 80.2 Å². The van der Waals surface area contributed by atoms with Crippen LogP contribution in [-0.4, -0.2) is 41.0 Å². The van der Waals surface area contributed by atoms with Gasteiger partial charge in [0.25, 0.3) is 5.78 Å². The molecule has 10 heteroatoms. The zero-order valence-corrected chi connectivity index (χ0v) is 28.0. The van der Waals surface area contributed by atoms with E-state index in [0.29, 0.717) is 41.5 Å². The Kier molecular flexibility index (Phi) is 11.1. The molecule has 0 aliphatic carbocycles. The molecule has 1 unspecified atom stereocenters. The molecule has 1 fully saturated rings. The van der Waals surface area contributed by atoms with Crippen LogP contribution >= 0.6 is 11.3 Å². The van der Waals surface area contributed by atoms with Crippen LogP contribution in [-0.2, 0) is 20.9 Å². The molecule has 1 amide bonds. The summed E-state index contributed by atoms with van der Waals surface area (Å²) in [4.78, 5) is 46.0. The maximum absolute atomic E-state index is 13.7. The summed E-state index contributed by atoms with van der Waals surface area (Å²) in [5.41, 5.74) is 3.30. The molecule has 1 aromatic heterocycles. The van der Waals surface area contributed by atoms with Crippen molar-refractivity contribution in [3.8, 4) is 11.5 Å². The first-order chi connectivity index (χ1) is 23.2. The van der Waals surface area contributed by atoms with Gasteiger partial charge in [-0.05, 0) is 73.4 Å². The molecule has 0 bridgehead atoms. The fraction of sp³-hybridized carbons (Fsp3) is 0.263. The van der Waals surface area contributed by atoms with Crippen LogP contribution in [0.2, 0.25) is 0 Å². The quantitative estimate of drug-likeness (QED) is 0.0361. The highest BCUT2D eigenvalue weighted by molar-refractivity contribution is 7.17. The van der Waals surface area contributed by atoms with Crippen LogP contribution in [0.4, 0.5) is 5.13 Å². The van der Waals surface area contributed by atoms with E-state index in [1.165, 1.54) is 11.0 Å². The van der Waals surface area contributed by atoms with Crippen molar-refractivity contribution in [2.75, 3.05) is 18.1 Å². The number of nitrogens with zero attached hydrogens (tertiary/aromatic N) is 2. The minimum atomic E-state index is -1.03. The Balaban J connectivity index is 1.50. The Morgan fingerprint density at radius 2 is 1.67 bits per heavy atom. The fourth-order valence-corrected chi connectivity index (χ4v) is 6.29. The molecule has 248 valence electrons. The number of aliphatic hydroxyl groups is 1. The summed E-state index contributed by atoms with van der Waals surface area (Å²) < 4.78 is 17.0. The van der Waals surface area contributed by atoms with E-state index in [9.17, 15) is 19.5 Å². The third-order valence-electron chi connectivity index (χ3n) is 7.95. The van der Waals surface area contributed by atoms with Crippen molar-refractivity contribution in [2.45, 2.75) is 52.7 Å². The largest absolute Gasteiger partial charge is 0.507 e. The van der Waals surface area contributed by atoms with Gasteiger partial charge in [0, 0.05) is 5.56 Å². The third kappa shape index (κ3) is 7.50. The number of carbonyl (C=O) groups is 3. The Bertz CT molecular complexity index is 1830. The first-order valence-electron chi connectivity index (χ1n) is 15.8. The number of aliphatic hydroxyl groups excluding tert-OH is 1. The monoisotopic (exact) mass is 666 g/mol. The SMILES string of the molecule is C=CCOC(=O)c1sc(N2C(=O)C(=O)/C(=C(/O)c3ccc(OCc4ccccc4C)cc3)C2c2ccc(OCCCCC)cc2)nc1C. The lowest BCUT2D eigenvalue weighted by Gasteiger charge is -2.23. The molecule has 1 N–H and O–H groups in total. The van der Waals surface area contributed by atoms with E-state index in [1.54, 1.807) is 55.5 Å². The summed E-state index contributed by atoms with van der Waals surface area (Å²) in [5.74, 6) is -1.48. The predicted molar refractivity (Wildman–Crippen MR) is 186 cm³/mol. The molecule has 3 aromatic carbocycles. The molecule has 4 aromatic rings. The van der Waals surface area contributed by atoms with Crippen molar-refractivity contribution in [3.05, 3.63) is 124 Å². The zero-order valence-electron chi connectivity index (χ0n) is 27.2. The van der Waals surface area contributed by atoms with Gasteiger partial charge < -0.3 is 19.3 Å². The predicted octanol–water partition coefficient (Wildman–Crippen LogP) is 7.88. The summed E-state index contributed by atoms with van der Waals surface area (Å²) in [5, 5.41) is 11.7. The van der Waals surface area contributed by atoms with Crippen LogP contribution in [0.1, 0.15) is 69.8 Å². The van der Waals surface area contributed by atoms with E-state index in [1.807, 2.05) is 31.2 Å². The molecule has 1 saturated heterocycles. The molecule has 1 aliphatic heterocycles. The van der Waals surface area contributed by atoms with Crippen molar-refractivity contribution < 1.29 is 33.7 Å². The number of amides is 1. The first kappa shape index (κ1) is 34.1. The van der Waals surface area contributed by atoms with Crippen LogP contribution in [0, 0.1) is 13.8 Å². The topological polar surface area (TPSA) is 115 Å². The minimum absolute atomic E-state index is 0.0125. The number of hydrogen-bond acceptors (Lipinski definition) is 9. The number of esters is 1. The summed E-state index contributed by atoms with van der Waals surface area (Å²) in [6.45, 7) is 10.3. The molecule has 9 nitrogen and oxygen atoms in total. The second kappa shape index (κ2) is 15.6. The maximum Gasteiger partial charge on any atom is 0.350 e. The maximum atomic E-state index is 13.7. The first-order valence-corrected chi connectivity index (χ1v) is 16.6. The second-order valence-corrected chi connectivity index (χ2v) is 12.3. The average Bonchev–Trinajstić information content (AvgIpc) is 3.61. The Labute approximate surface area is 284 Å². The second-order valence-electron chi connectivity index (χ2n) is 11.3. The molecule has 2 heterocycles. The van der Waals surface area contributed by atoms with Crippen LogP contribution < -0.4 is 14.4 Å². The number of Topliss-reactive ketones (excluding diaryl/α,β-unsaturated/α-hetero) is 1. The summed E-state index contributed by atoms with van der Waals surface area (Å²) in [6.07, 6.45) is 4.51. The standard InChI is InChI=1S/C38H38N2O7S/c1-5-7-10-22-45-29-17-13-26(14-18-29)32-31(33(41)27-15-19-30(20-16-27)47-23-28-12-9-8-11-24(28)3)34(42)36(43)40(32)38-39-25(4)35(48-38)37(44)46-21-6-2/h6,8-9,11-20,32,41H,2,5,7,10,21-23H2,1,3-4H3/b33-31+. The van der Waals surface area contributed by atoms with Crippen LogP contribution in [0.25, 0.3) is 5.76 Å². The van der Waals surface area contributed by atoms with E-state index in [2.05, 4.69) is 18.5 Å². The zero-order chi connectivity index (χ0) is 34.2. The molecule has 1 atom stereocenters. The van der Waals surface area contributed by atoms with Crippen molar-refractivity contribution >= 4 is 39.9 Å². The number of aryl methyl sites for hydroxylation is 2. The molecule has 0 saturated carbocycles. The lowest BCUT2D eigenvalue weighted by atomic mass is 9.95. The molecular formula is C38H38N2O7S.